The third-order valence-electron chi connectivity index (χ3n) is 5.11. The van der Waals surface area contributed by atoms with Crippen molar-refractivity contribution in [1.29, 1.82) is 0 Å². The zero-order chi connectivity index (χ0) is 27.2. The Balaban J connectivity index is 4.08. The van der Waals surface area contributed by atoms with Crippen LogP contribution in [0.3, 0.4) is 0 Å². The van der Waals surface area contributed by atoms with E-state index in [1.54, 1.807) is 6.92 Å². The van der Waals surface area contributed by atoms with Gasteiger partial charge in [0.25, 0.3) is 0 Å². The summed E-state index contributed by atoms with van der Waals surface area (Å²) in [5.74, 6) is -2.49. The number of carbonyl (C=O) groups excluding carboxylic acids is 2. The molecule has 3 atom stereocenters. The van der Waals surface area contributed by atoms with Crippen LogP contribution in [0.25, 0.3) is 0 Å². The molecular formula is C24H44NO10P. The van der Waals surface area contributed by atoms with E-state index in [2.05, 4.69) is 38.2 Å². The van der Waals surface area contributed by atoms with Gasteiger partial charge in [0.05, 0.1) is 13.2 Å². The molecule has 0 bridgehead atoms. The third kappa shape index (κ3) is 20.4. The van der Waals surface area contributed by atoms with Gasteiger partial charge in [-0.15, -0.1) is 0 Å². The first-order valence-corrected chi connectivity index (χ1v) is 14.2. The number of amides is 1. The Hall–Kier alpha value is -1.78. The van der Waals surface area contributed by atoms with Crippen molar-refractivity contribution in [1.82, 2.24) is 5.32 Å². The average Bonchev–Trinajstić information content (AvgIpc) is 2.84. The fraction of sp³-hybridized carbons (Fsp3) is 0.792. The Labute approximate surface area is 214 Å². The summed E-state index contributed by atoms with van der Waals surface area (Å²) in [5.41, 5.74) is 0. The first-order chi connectivity index (χ1) is 17.1. The molecule has 0 saturated carbocycles. The Bertz CT molecular complexity index is 700. The minimum Gasteiger partial charge on any atom is -0.480 e. The number of nitrogens with one attached hydrogen (secondary N) is 1. The highest BCUT2D eigenvalue weighted by Gasteiger charge is 2.28. The first-order valence-electron chi connectivity index (χ1n) is 12.7. The number of phosphoric acid groups is 1. The summed E-state index contributed by atoms with van der Waals surface area (Å²) >= 11 is 0. The number of aliphatic hydroxyl groups excluding tert-OH is 1. The summed E-state index contributed by atoms with van der Waals surface area (Å²) in [5, 5.41) is 21.1. The van der Waals surface area contributed by atoms with Crippen LogP contribution in [0.2, 0.25) is 0 Å². The molecular weight excluding hydrogens is 493 g/mol. The van der Waals surface area contributed by atoms with Crippen molar-refractivity contribution in [2.24, 2.45) is 0 Å². The Morgan fingerprint density at radius 3 is 2.08 bits per heavy atom. The summed E-state index contributed by atoms with van der Waals surface area (Å²) in [7, 11) is -4.71. The van der Waals surface area contributed by atoms with Gasteiger partial charge >= 0.3 is 19.8 Å². The number of ether oxygens (including phenoxy) is 1. The minimum absolute atomic E-state index is 0.106. The number of carboxylic acids is 1. The maximum absolute atomic E-state index is 12.1. The number of aliphatic carboxylic acids is 1. The predicted octanol–water partition coefficient (Wildman–Crippen LogP) is 3.87. The molecule has 36 heavy (non-hydrogen) atoms. The van der Waals surface area contributed by atoms with Crippen LogP contribution in [0, 0.1) is 0 Å². The molecule has 4 N–H and O–H groups in total. The number of hydrogen-bond acceptors (Lipinski definition) is 8. The SMILES string of the molecule is CCCCC/C=C\CCCCCCCC(=O)NC(COP(=O)(O)OCC(O)COC(=O)CC)C(=O)O. The quantitative estimate of drug-likeness (QED) is 0.0649. The normalized spacial score (nSPS) is 14.8. The fourth-order valence-corrected chi connectivity index (χ4v) is 3.77. The van der Waals surface area contributed by atoms with E-state index in [4.69, 9.17) is 0 Å². The Morgan fingerprint density at radius 2 is 1.47 bits per heavy atom. The van der Waals surface area contributed by atoms with Crippen LogP contribution in [-0.2, 0) is 32.7 Å². The van der Waals surface area contributed by atoms with Gasteiger partial charge in [-0.25, -0.2) is 9.36 Å². The third-order valence-corrected chi connectivity index (χ3v) is 6.06. The molecule has 0 radical (unpaired) electrons. The summed E-state index contributed by atoms with van der Waals surface area (Å²) in [6.07, 6.45) is 13.8. The van der Waals surface area contributed by atoms with Crippen molar-refractivity contribution in [3.05, 3.63) is 12.2 Å². The number of rotatable bonds is 23. The van der Waals surface area contributed by atoms with Crippen molar-refractivity contribution < 1.29 is 47.8 Å². The van der Waals surface area contributed by atoms with Crippen molar-refractivity contribution in [3.63, 3.8) is 0 Å². The number of allylic oxidation sites excluding steroid dienone is 2. The molecule has 0 aliphatic heterocycles. The molecule has 0 heterocycles. The second kappa shape index (κ2) is 21.3. The summed E-state index contributed by atoms with van der Waals surface area (Å²) in [6, 6.07) is -1.54. The fourth-order valence-electron chi connectivity index (χ4n) is 2.99. The summed E-state index contributed by atoms with van der Waals surface area (Å²) in [4.78, 5) is 44.1. The van der Waals surface area contributed by atoms with E-state index in [0.29, 0.717) is 6.42 Å². The molecule has 0 aliphatic carbocycles. The molecule has 0 aromatic heterocycles. The molecule has 3 unspecified atom stereocenters. The van der Waals surface area contributed by atoms with Crippen molar-refractivity contribution in [3.8, 4) is 0 Å². The molecule has 0 aromatic carbocycles. The van der Waals surface area contributed by atoms with Gasteiger partial charge in [-0.3, -0.25) is 18.6 Å². The number of hydrogen-bond donors (Lipinski definition) is 4. The number of unbranched alkanes of at least 4 members (excludes halogenated alkanes) is 8. The highest BCUT2D eigenvalue weighted by molar-refractivity contribution is 7.47. The zero-order valence-corrected chi connectivity index (χ0v) is 22.5. The summed E-state index contributed by atoms with van der Waals surface area (Å²) in [6.45, 7) is 1.84. The standard InChI is InChI=1S/C24H44NO10P/c1-3-5-6-7-8-9-10-11-12-13-14-15-16-22(27)25-21(24(29)30)19-35-36(31,32)34-18-20(26)17-33-23(28)4-2/h8-9,20-21,26H,3-7,10-19H2,1-2H3,(H,25,27)(H,29,30)(H,31,32)/b9-8-. The minimum atomic E-state index is -4.71. The molecule has 0 fully saturated rings. The van der Waals surface area contributed by atoms with E-state index in [1.165, 1.54) is 19.3 Å². The monoisotopic (exact) mass is 537 g/mol. The topological polar surface area (TPSA) is 169 Å². The molecule has 0 spiro atoms. The molecule has 12 heteroatoms. The van der Waals surface area contributed by atoms with E-state index in [1.807, 2.05) is 0 Å². The van der Waals surface area contributed by atoms with E-state index in [9.17, 15) is 34.1 Å². The van der Waals surface area contributed by atoms with Crippen LogP contribution in [0.1, 0.15) is 90.9 Å². The van der Waals surface area contributed by atoms with Gasteiger partial charge in [0.1, 0.15) is 12.7 Å². The van der Waals surface area contributed by atoms with E-state index >= 15 is 0 Å². The maximum Gasteiger partial charge on any atom is 0.472 e. The van der Waals surface area contributed by atoms with E-state index < -0.39 is 57.6 Å². The van der Waals surface area contributed by atoms with Crippen LogP contribution in [0.15, 0.2) is 12.2 Å². The van der Waals surface area contributed by atoms with Crippen LogP contribution in [-0.4, -0.2) is 64.9 Å². The van der Waals surface area contributed by atoms with Gasteiger partial charge in [0, 0.05) is 12.8 Å². The highest BCUT2D eigenvalue weighted by Crippen LogP contribution is 2.43. The van der Waals surface area contributed by atoms with Crippen molar-refractivity contribution in [2.75, 3.05) is 19.8 Å². The lowest BCUT2D eigenvalue weighted by Gasteiger charge is -2.18. The Kier molecular flexibility index (Phi) is 20.3. The van der Waals surface area contributed by atoms with Crippen LogP contribution in [0.4, 0.5) is 0 Å². The lowest BCUT2D eigenvalue weighted by atomic mass is 10.1. The number of aliphatic hydroxyl groups is 1. The lowest BCUT2D eigenvalue weighted by Crippen LogP contribution is -2.43. The van der Waals surface area contributed by atoms with Crippen LogP contribution >= 0.6 is 7.82 Å². The molecule has 0 saturated heterocycles. The van der Waals surface area contributed by atoms with Crippen LogP contribution in [0.5, 0.6) is 0 Å². The molecule has 11 nitrogen and oxygen atoms in total. The number of phosphoric ester groups is 1. The largest absolute Gasteiger partial charge is 0.480 e. The second-order valence-electron chi connectivity index (χ2n) is 8.48. The molecule has 210 valence electrons. The average molecular weight is 538 g/mol. The highest BCUT2D eigenvalue weighted by atomic mass is 31.2. The van der Waals surface area contributed by atoms with Gasteiger partial charge in [-0.05, 0) is 32.1 Å². The van der Waals surface area contributed by atoms with Crippen molar-refractivity contribution >= 4 is 25.7 Å². The van der Waals surface area contributed by atoms with E-state index in [-0.39, 0.29) is 12.8 Å². The number of carboxylic acid groups (broad SMARTS) is 1. The lowest BCUT2D eigenvalue weighted by molar-refractivity contribution is -0.146. The van der Waals surface area contributed by atoms with Gasteiger partial charge < -0.3 is 25.2 Å². The van der Waals surface area contributed by atoms with Gasteiger partial charge in [-0.2, -0.15) is 0 Å². The molecule has 0 rings (SSSR count). The number of carbonyl (C=O) groups is 3. The van der Waals surface area contributed by atoms with Crippen molar-refractivity contribution in [2.45, 2.75) is 103 Å². The van der Waals surface area contributed by atoms with Gasteiger partial charge in [0.15, 0.2) is 6.04 Å². The molecule has 1 amide bonds. The maximum atomic E-state index is 12.1. The van der Waals surface area contributed by atoms with Gasteiger partial charge in [-0.1, -0.05) is 58.1 Å². The van der Waals surface area contributed by atoms with E-state index in [0.717, 1.165) is 38.5 Å². The predicted molar refractivity (Wildman–Crippen MR) is 134 cm³/mol. The Morgan fingerprint density at radius 1 is 0.889 bits per heavy atom. The summed E-state index contributed by atoms with van der Waals surface area (Å²) < 4.78 is 25.8. The molecule has 0 aromatic rings. The van der Waals surface area contributed by atoms with Gasteiger partial charge in [0.2, 0.25) is 5.91 Å². The second-order valence-corrected chi connectivity index (χ2v) is 9.94. The number of esters is 1. The molecule has 0 aliphatic rings. The zero-order valence-electron chi connectivity index (χ0n) is 21.6. The smallest absolute Gasteiger partial charge is 0.472 e. The first kappa shape index (κ1) is 34.2. The van der Waals surface area contributed by atoms with Crippen LogP contribution < -0.4 is 5.32 Å².